The number of para-hydroxylation sites is 1. The molecule has 0 atom stereocenters. The number of nitrogens with one attached hydrogen (secondary N) is 1. The molecule has 2 aromatic rings. The van der Waals surface area contributed by atoms with Gasteiger partial charge in [0.2, 0.25) is 5.91 Å². The maximum absolute atomic E-state index is 12.2. The number of non-ortho nitro benzene ring substituents is 1. The summed E-state index contributed by atoms with van der Waals surface area (Å²) in [5.41, 5.74) is 3.84. The van der Waals surface area contributed by atoms with E-state index in [2.05, 4.69) is 19.2 Å². The largest absolute Gasteiger partial charge is 0.322 e. The summed E-state index contributed by atoms with van der Waals surface area (Å²) in [7, 11) is 0. The first kappa shape index (κ1) is 17.4. The number of rotatable bonds is 6. The van der Waals surface area contributed by atoms with E-state index in [1.54, 1.807) is 18.2 Å². The van der Waals surface area contributed by atoms with Gasteiger partial charge in [0.15, 0.2) is 0 Å². The van der Waals surface area contributed by atoms with Crippen LogP contribution in [0.25, 0.3) is 6.08 Å². The summed E-state index contributed by atoms with van der Waals surface area (Å²) in [6, 6.07) is 12.1. The second kappa shape index (κ2) is 8.06. The van der Waals surface area contributed by atoms with Gasteiger partial charge in [-0.25, -0.2) is 0 Å². The first-order valence-electron chi connectivity index (χ1n) is 7.89. The number of nitro groups is 1. The zero-order chi connectivity index (χ0) is 17.5. The molecule has 1 N–H and O–H groups in total. The molecule has 0 spiro atoms. The molecule has 0 fully saturated rings. The van der Waals surface area contributed by atoms with Crippen LogP contribution in [0.3, 0.4) is 0 Å². The third kappa shape index (κ3) is 4.29. The first-order valence-corrected chi connectivity index (χ1v) is 7.89. The molecule has 24 heavy (non-hydrogen) atoms. The molecule has 0 saturated carbocycles. The van der Waals surface area contributed by atoms with Crippen molar-refractivity contribution in [2.24, 2.45) is 0 Å². The SMILES string of the molecule is CCc1cccc(CC)c1NC(=O)C=Cc1ccc([N+](=O)[O-])cc1. The summed E-state index contributed by atoms with van der Waals surface area (Å²) in [6.07, 6.45) is 4.76. The van der Waals surface area contributed by atoms with Crippen molar-refractivity contribution < 1.29 is 9.72 Å². The van der Waals surface area contributed by atoms with Crippen LogP contribution in [0.4, 0.5) is 11.4 Å². The van der Waals surface area contributed by atoms with E-state index in [1.165, 1.54) is 18.2 Å². The van der Waals surface area contributed by atoms with Crippen molar-refractivity contribution in [2.45, 2.75) is 26.7 Å². The van der Waals surface area contributed by atoms with E-state index in [1.807, 2.05) is 18.2 Å². The van der Waals surface area contributed by atoms with E-state index in [0.29, 0.717) is 0 Å². The lowest BCUT2D eigenvalue weighted by Gasteiger charge is -2.13. The van der Waals surface area contributed by atoms with E-state index in [0.717, 1.165) is 35.2 Å². The molecule has 2 aromatic carbocycles. The fourth-order valence-corrected chi connectivity index (χ4v) is 2.45. The molecule has 0 aliphatic heterocycles. The van der Waals surface area contributed by atoms with Crippen LogP contribution in [0.1, 0.15) is 30.5 Å². The fourth-order valence-electron chi connectivity index (χ4n) is 2.45. The average molecular weight is 324 g/mol. The van der Waals surface area contributed by atoms with E-state index in [4.69, 9.17) is 0 Å². The highest BCUT2D eigenvalue weighted by Crippen LogP contribution is 2.22. The number of nitro benzene ring substituents is 1. The maximum atomic E-state index is 12.2. The van der Waals surface area contributed by atoms with Gasteiger partial charge in [0, 0.05) is 23.9 Å². The van der Waals surface area contributed by atoms with Gasteiger partial charge in [-0.3, -0.25) is 14.9 Å². The Morgan fingerprint density at radius 1 is 1.08 bits per heavy atom. The average Bonchev–Trinajstić information content (AvgIpc) is 2.60. The predicted molar refractivity (Wildman–Crippen MR) is 96.0 cm³/mol. The molecule has 0 heterocycles. The molecule has 0 saturated heterocycles. The number of aryl methyl sites for hydroxylation is 2. The third-order valence-electron chi connectivity index (χ3n) is 3.78. The Kier molecular flexibility index (Phi) is 5.84. The minimum atomic E-state index is -0.450. The monoisotopic (exact) mass is 324 g/mol. The second-order valence-corrected chi connectivity index (χ2v) is 5.33. The van der Waals surface area contributed by atoms with Crippen molar-refractivity contribution in [3.63, 3.8) is 0 Å². The number of nitrogens with zero attached hydrogens (tertiary/aromatic N) is 1. The summed E-state index contributed by atoms with van der Waals surface area (Å²) in [5.74, 6) is -0.219. The smallest absolute Gasteiger partial charge is 0.269 e. The molecule has 1 amide bonds. The molecular formula is C19H20N2O3. The normalized spacial score (nSPS) is 10.8. The van der Waals surface area contributed by atoms with Crippen LogP contribution in [0.2, 0.25) is 0 Å². The molecule has 124 valence electrons. The van der Waals surface area contributed by atoms with Crippen molar-refractivity contribution in [1.82, 2.24) is 0 Å². The predicted octanol–water partition coefficient (Wildman–Crippen LogP) is 4.37. The van der Waals surface area contributed by atoms with E-state index in [9.17, 15) is 14.9 Å². The van der Waals surface area contributed by atoms with Crippen LogP contribution < -0.4 is 5.32 Å². The Balaban J connectivity index is 2.12. The van der Waals surface area contributed by atoms with Gasteiger partial charge in [-0.05, 0) is 47.7 Å². The third-order valence-corrected chi connectivity index (χ3v) is 3.78. The first-order chi connectivity index (χ1) is 11.5. The number of benzene rings is 2. The van der Waals surface area contributed by atoms with Gasteiger partial charge in [0.1, 0.15) is 0 Å². The number of anilines is 1. The molecule has 0 aliphatic carbocycles. The van der Waals surface area contributed by atoms with Crippen LogP contribution >= 0.6 is 0 Å². The number of carbonyl (C=O) groups excluding carboxylic acids is 1. The Labute approximate surface area is 141 Å². The fraction of sp³-hybridized carbons (Fsp3) is 0.211. The van der Waals surface area contributed by atoms with Gasteiger partial charge in [-0.2, -0.15) is 0 Å². The van der Waals surface area contributed by atoms with Gasteiger partial charge >= 0.3 is 0 Å². The molecule has 0 radical (unpaired) electrons. The topological polar surface area (TPSA) is 72.2 Å². The molecule has 5 heteroatoms. The van der Waals surface area contributed by atoms with E-state index >= 15 is 0 Å². The summed E-state index contributed by atoms with van der Waals surface area (Å²) in [6.45, 7) is 4.11. The number of amides is 1. The summed E-state index contributed by atoms with van der Waals surface area (Å²) in [4.78, 5) is 22.4. The second-order valence-electron chi connectivity index (χ2n) is 5.33. The number of hydrogen-bond acceptors (Lipinski definition) is 3. The highest BCUT2D eigenvalue weighted by molar-refractivity contribution is 6.02. The quantitative estimate of drug-likeness (QED) is 0.487. The molecular weight excluding hydrogens is 304 g/mol. The zero-order valence-electron chi connectivity index (χ0n) is 13.8. The molecule has 0 aromatic heterocycles. The minimum Gasteiger partial charge on any atom is -0.322 e. The maximum Gasteiger partial charge on any atom is 0.269 e. The standard InChI is InChI=1S/C19H20N2O3/c1-3-15-6-5-7-16(4-2)19(15)20-18(22)13-10-14-8-11-17(12-9-14)21(23)24/h5-13H,3-4H2,1-2H3,(H,20,22). The van der Waals surface area contributed by atoms with Gasteiger partial charge < -0.3 is 5.32 Å². The molecule has 0 bridgehead atoms. The molecule has 2 rings (SSSR count). The molecule has 0 unspecified atom stereocenters. The molecule has 5 nitrogen and oxygen atoms in total. The lowest BCUT2D eigenvalue weighted by Crippen LogP contribution is -2.11. The van der Waals surface area contributed by atoms with E-state index in [-0.39, 0.29) is 11.6 Å². The summed E-state index contributed by atoms with van der Waals surface area (Å²) >= 11 is 0. The van der Waals surface area contributed by atoms with Crippen LogP contribution in [0.15, 0.2) is 48.5 Å². The number of carbonyl (C=O) groups is 1. The van der Waals surface area contributed by atoms with Gasteiger partial charge in [0.05, 0.1) is 4.92 Å². The van der Waals surface area contributed by atoms with Crippen LogP contribution in [-0.4, -0.2) is 10.8 Å². The van der Waals surface area contributed by atoms with Crippen LogP contribution in [0.5, 0.6) is 0 Å². The van der Waals surface area contributed by atoms with Crippen molar-refractivity contribution >= 4 is 23.4 Å². The minimum absolute atomic E-state index is 0.0288. The Morgan fingerprint density at radius 3 is 2.17 bits per heavy atom. The molecule has 0 aliphatic rings. The van der Waals surface area contributed by atoms with Crippen molar-refractivity contribution in [1.29, 1.82) is 0 Å². The van der Waals surface area contributed by atoms with Crippen molar-refractivity contribution in [2.75, 3.05) is 5.32 Å². The Morgan fingerprint density at radius 2 is 1.67 bits per heavy atom. The Hall–Kier alpha value is -2.95. The lowest BCUT2D eigenvalue weighted by atomic mass is 10.0. The number of hydrogen-bond donors (Lipinski definition) is 1. The Bertz CT molecular complexity index is 742. The highest BCUT2D eigenvalue weighted by atomic mass is 16.6. The highest BCUT2D eigenvalue weighted by Gasteiger charge is 2.08. The van der Waals surface area contributed by atoms with Crippen LogP contribution in [0, 0.1) is 10.1 Å². The van der Waals surface area contributed by atoms with E-state index < -0.39 is 4.92 Å². The summed E-state index contributed by atoms with van der Waals surface area (Å²) < 4.78 is 0. The van der Waals surface area contributed by atoms with Gasteiger partial charge in [0.25, 0.3) is 5.69 Å². The van der Waals surface area contributed by atoms with Crippen molar-refractivity contribution in [3.8, 4) is 0 Å². The zero-order valence-corrected chi connectivity index (χ0v) is 13.8. The van der Waals surface area contributed by atoms with Gasteiger partial charge in [-0.1, -0.05) is 32.0 Å². The van der Waals surface area contributed by atoms with Crippen molar-refractivity contribution in [3.05, 3.63) is 75.3 Å². The summed E-state index contributed by atoms with van der Waals surface area (Å²) in [5, 5.41) is 13.6. The van der Waals surface area contributed by atoms with Gasteiger partial charge in [-0.15, -0.1) is 0 Å². The lowest BCUT2D eigenvalue weighted by molar-refractivity contribution is -0.384. The van der Waals surface area contributed by atoms with Crippen LogP contribution in [-0.2, 0) is 17.6 Å².